The zero-order valence-corrected chi connectivity index (χ0v) is 11.1. The number of nitrogens with one attached hydrogen (secondary N) is 2. The molecule has 1 aliphatic rings. The molecule has 1 saturated heterocycles. The lowest BCUT2D eigenvalue weighted by Gasteiger charge is -2.22. The van der Waals surface area contributed by atoms with Gasteiger partial charge in [-0.15, -0.1) is 0 Å². The predicted molar refractivity (Wildman–Crippen MR) is 70.7 cm³/mol. The first-order valence-electron chi connectivity index (χ1n) is 5.76. The van der Waals surface area contributed by atoms with Gasteiger partial charge in [-0.3, -0.25) is 4.79 Å². The molecule has 1 aromatic rings. The molecule has 0 saturated carbocycles. The van der Waals surface area contributed by atoms with Gasteiger partial charge in [0.15, 0.2) is 5.82 Å². The van der Waals surface area contributed by atoms with E-state index in [9.17, 15) is 9.18 Å². The molecule has 0 radical (unpaired) electrons. The molecule has 1 aliphatic heterocycles. The number of carbonyl (C=O) groups excluding carboxylic acids is 1. The number of piperidine rings is 1. The number of halogens is 3. The Kier molecular flexibility index (Phi) is 4.43. The molecule has 3 nitrogen and oxygen atoms in total. The van der Waals surface area contributed by atoms with Gasteiger partial charge in [0.2, 0.25) is 5.91 Å². The highest BCUT2D eigenvalue weighted by molar-refractivity contribution is 6.35. The van der Waals surface area contributed by atoms with Gasteiger partial charge in [0, 0.05) is 5.69 Å². The van der Waals surface area contributed by atoms with Crippen molar-refractivity contribution in [1.29, 1.82) is 0 Å². The summed E-state index contributed by atoms with van der Waals surface area (Å²) in [6, 6.07) is 2.49. The number of benzene rings is 1. The second-order valence-electron chi connectivity index (χ2n) is 4.25. The van der Waals surface area contributed by atoms with E-state index >= 15 is 0 Å². The van der Waals surface area contributed by atoms with Crippen molar-refractivity contribution >= 4 is 34.8 Å². The standard InChI is InChI=1S/C12H13Cl2FN2O/c13-8-5-7(6-9(14)11(8)15)17-12(18)10-3-1-2-4-16-10/h5-6,10,16H,1-4H2,(H,17,18)/t10-/m0/s1. The van der Waals surface area contributed by atoms with Gasteiger partial charge in [-0.05, 0) is 31.5 Å². The van der Waals surface area contributed by atoms with Crippen molar-refractivity contribution in [3.8, 4) is 0 Å². The van der Waals surface area contributed by atoms with Crippen LogP contribution in [-0.4, -0.2) is 18.5 Å². The average molecular weight is 291 g/mol. The average Bonchev–Trinajstić information content (AvgIpc) is 2.37. The van der Waals surface area contributed by atoms with Crippen LogP contribution in [0.1, 0.15) is 19.3 Å². The Balaban J connectivity index is 2.06. The van der Waals surface area contributed by atoms with Gasteiger partial charge >= 0.3 is 0 Å². The van der Waals surface area contributed by atoms with Crippen LogP contribution in [0.2, 0.25) is 10.0 Å². The lowest BCUT2D eigenvalue weighted by Crippen LogP contribution is -2.43. The van der Waals surface area contributed by atoms with Crippen LogP contribution in [0, 0.1) is 5.82 Å². The number of hydrogen-bond donors (Lipinski definition) is 2. The molecule has 2 N–H and O–H groups in total. The van der Waals surface area contributed by atoms with Crippen LogP contribution < -0.4 is 10.6 Å². The zero-order valence-electron chi connectivity index (χ0n) is 9.60. The summed E-state index contributed by atoms with van der Waals surface area (Å²) in [5, 5.41) is 5.61. The molecular formula is C12H13Cl2FN2O. The smallest absolute Gasteiger partial charge is 0.241 e. The molecule has 1 amide bonds. The van der Waals surface area contributed by atoms with E-state index in [4.69, 9.17) is 23.2 Å². The molecule has 98 valence electrons. The minimum absolute atomic E-state index is 0.102. The fourth-order valence-corrected chi connectivity index (χ4v) is 2.42. The summed E-state index contributed by atoms with van der Waals surface area (Å²) in [6.07, 6.45) is 2.91. The van der Waals surface area contributed by atoms with Crippen molar-refractivity contribution in [2.24, 2.45) is 0 Å². The predicted octanol–water partition coefficient (Wildman–Crippen LogP) is 3.21. The minimum atomic E-state index is -0.674. The van der Waals surface area contributed by atoms with Crippen LogP contribution in [0.4, 0.5) is 10.1 Å². The van der Waals surface area contributed by atoms with Crippen LogP contribution in [0.15, 0.2) is 12.1 Å². The van der Waals surface area contributed by atoms with Gasteiger partial charge in [-0.25, -0.2) is 4.39 Å². The largest absolute Gasteiger partial charge is 0.325 e. The summed E-state index contributed by atoms with van der Waals surface area (Å²) in [4.78, 5) is 11.9. The van der Waals surface area contributed by atoms with Crippen molar-refractivity contribution in [3.63, 3.8) is 0 Å². The Labute approximate surface area is 115 Å². The lowest BCUT2D eigenvalue weighted by molar-refractivity contribution is -0.118. The first-order valence-corrected chi connectivity index (χ1v) is 6.52. The van der Waals surface area contributed by atoms with Crippen LogP contribution in [-0.2, 0) is 4.79 Å². The third kappa shape index (κ3) is 3.13. The topological polar surface area (TPSA) is 41.1 Å². The molecular weight excluding hydrogens is 278 g/mol. The first-order chi connectivity index (χ1) is 8.58. The Morgan fingerprint density at radius 3 is 2.56 bits per heavy atom. The van der Waals surface area contributed by atoms with Gasteiger partial charge in [-0.2, -0.15) is 0 Å². The van der Waals surface area contributed by atoms with E-state index in [1.807, 2.05) is 0 Å². The summed E-state index contributed by atoms with van der Waals surface area (Å²) in [5.74, 6) is -0.819. The van der Waals surface area contributed by atoms with E-state index in [2.05, 4.69) is 10.6 Å². The number of hydrogen-bond acceptors (Lipinski definition) is 2. The molecule has 1 heterocycles. The Hall–Kier alpha value is -0.840. The highest BCUT2D eigenvalue weighted by Gasteiger charge is 2.21. The lowest BCUT2D eigenvalue weighted by atomic mass is 10.0. The van der Waals surface area contributed by atoms with E-state index in [-0.39, 0.29) is 22.0 Å². The van der Waals surface area contributed by atoms with Crippen molar-refractivity contribution in [2.45, 2.75) is 25.3 Å². The van der Waals surface area contributed by atoms with Crippen LogP contribution in [0.5, 0.6) is 0 Å². The number of amides is 1. The SMILES string of the molecule is O=C(Nc1cc(Cl)c(F)c(Cl)c1)[C@@H]1CCCCN1. The molecule has 2 rings (SSSR count). The molecule has 1 atom stereocenters. The Bertz CT molecular complexity index is 438. The van der Waals surface area contributed by atoms with Crippen LogP contribution in [0.3, 0.4) is 0 Å². The van der Waals surface area contributed by atoms with E-state index in [1.54, 1.807) is 0 Å². The minimum Gasteiger partial charge on any atom is -0.325 e. The third-order valence-electron chi connectivity index (χ3n) is 2.88. The molecule has 0 aromatic heterocycles. The van der Waals surface area contributed by atoms with E-state index in [0.29, 0.717) is 5.69 Å². The second kappa shape index (κ2) is 5.87. The summed E-state index contributed by atoms with van der Waals surface area (Å²) in [6.45, 7) is 0.836. The molecule has 0 aliphatic carbocycles. The third-order valence-corrected chi connectivity index (χ3v) is 3.43. The van der Waals surface area contributed by atoms with Gasteiger partial charge in [0.25, 0.3) is 0 Å². The fourth-order valence-electron chi connectivity index (χ4n) is 1.93. The summed E-state index contributed by atoms with van der Waals surface area (Å²) in [5.41, 5.74) is 0.406. The summed E-state index contributed by atoms with van der Waals surface area (Å²) < 4.78 is 13.2. The quantitative estimate of drug-likeness (QED) is 0.821. The van der Waals surface area contributed by atoms with E-state index < -0.39 is 5.82 Å². The maximum absolute atomic E-state index is 13.2. The van der Waals surface area contributed by atoms with E-state index in [0.717, 1.165) is 25.8 Å². The molecule has 6 heteroatoms. The van der Waals surface area contributed by atoms with Crippen molar-refractivity contribution in [3.05, 3.63) is 28.0 Å². The maximum Gasteiger partial charge on any atom is 0.241 e. The normalized spacial score (nSPS) is 19.6. The molecule has 18 heavy (non-hydrogen) atoms. The van der Waals surface area contributed by atoms with E-state index in [1.165, 1.54) is 12.1 Å². The van der Waals surface area contributed by atoms with Gasteiger partial charge in [0.1, 0.15) is 0 Å². The molecule has 0 bridgehead atoms. The van der Waals surface area contributed by atoms with Crippen LogP contribution >= 0.6 is 23.2 Å². The van der Waals surface area contributed by atoms with Gasteiger partial charge < -0.3 is 10.6 Å². The van der Waals surface area contributed by atoms with Gasteiger partial charge in [0.05, 0.1) is 16.1 Å². The molecule has 1 fully saturated rings. The number of rotatable bonds is 2. The summed E-state index contributed by atoms with van der Waals surface area (Å²) in [7, 11) is 0. The number of carbonyl (C=O) groups is 1. The van der Waals surface area contributed by atoms with Crippen LogP contribution in [0.25, 0.3) is 0 Å². The zero-order chi connectivity index (χ0) is 13.1. The highest BCUT2D eigenvalue weighted by Crippen LogP contribution is 2.27. The Morgan fingerprint density at radius 2 is 2.00 bits per heavy atom. The second-order valence-corrected chi connectivity index (χ2v) is 5.06. The van der Waals surface area contributed by atoms with Gasteiger partial charge in [-0.1, -0.05) is 29.6 Å². The van der Waals surface area contributed by atoms with Crippen molar-refractivity contribution in [2.75, 3.05) is 11.9 Å². The monoisotopic (exact) mass is 290 g/mol. The van der Waals surface area contributed by atoms with Crippen molar-refractivity contribution in [1.82, 2.24) is 5.32 Å². The van der Waals surface area contributed by atoms with Crippen molar-refractivity contribution < 1.29 is 9.18 Å². The highest BCUT2D eigenvalue weighted by atomic mass is 35.5. The molecule has 0 spiro atoms. The molecule has 1 aromatic carbocycles. The number of anilines is 1. The fraction of sp³-hybridized carbons (Fsp3) is 0.417. The molecule has 0 unspecified atom stereocenters. The summed E-state index contributed by atoms with van der Waals surface area (Å²) >= 11 is 11.3. The maximum atomic E-state index is 13.2. The first kappa shape index (κ1) is 13.6. The Morgan fingerprint density at radius 1 is 1.33 bits per heavy atom.